The maximum atomic E-state index is 5.62. The third-order valence-corrected chi connectivity index (χ3v) is 5.84. The van der Waals surface area contributed by atoms with Crippen molar-refractivity contribution in [3.8, 4) is 5.82 Å². The number of rotatable bonds is 9. The third-order valence-electron chi connectivity index (χ3n) is 5.84. The van der Waals surface area contributed by atoms with E-state index in [4.69, 9.17) is 4.74 Å². The average Bonchev–Trinajstić information content (AvgIpc) is 3.38. The fraction of sp³-hybridized carbons (Fsp3) is 0.591. The van der Waals surface area contributed by atoms with E-state index in [1.807, 2.05) is 37.0 Å². The van der Waals surface area contributed by atoms with Gasteiger partial charge in [0.15, 0.2) is 5.96 Å². The highest BCUT2D eigenvalue weighted by molar-refractivity contribution is 5.79. The Kier molecular flexibility index (Phi) is 7.63. The molecule has 0 aromatic carbocycles. The zero-order chi connectivity index (χ0) is 20.5. The maximum absolute atomic E-state index is 5.62. The zero-order valence-electron chi connectivity index (χ0n) is 17.9. The molecule has 2 heterocycles. The van der Waals surface area contributed by atoms with Gasteiger partial charge in [-0.3, -0.25) is 9.56 Å². The van der Waals surface area contributed by atoms with Gasteiger partial charge in [-0.2, -0.15) is 0 Å². The van der Waals surface area contributed by atoms with Crippen LogP contribution in [0.15, 0.2) is 35.7 Å². The molecule has 2 aromatic heterocycles. The number of nitrogens with one attached hydrogen (secondary N) is 2. The number of pyridine rings is 1. The SMILES string of the molecule is CCOCCC1(CNC(=NC)NCc2ccc(-n3ccnc3C)nc2)CCCC1. The van der Waals surface area contributed by atoms with Gasteiger partial charge in [-0.1, -0.05) is 18.9 Å². The lowest BCUT2D eigenvalue weighted by Crippen LogP contribution is -2.43. The molecule has 1 aliphatic carbocycles. The third kappa shape index (κ3) is 5.79. The van der Waals surface area contributed by atoms with E-state index in [1.54, 1.807) is 6.20 Å². The van der Waals surface area contributed by atoms with E-state index in [1.165, 1.54) is 25.7 Å². The largest absolute Gasteiger partial charge is 0.382 e. The zero-order valence-corrected chi connectivity index (χ0v) is 17.9. The van der Waals surface area contributed by atoms with Gasteiger partial charge in [0.05, 0.1) is 0 Å². The summed E-state index contributed by atoms with van der Waals surface area (Å²) in [5, 5.41) is 6.95. The molecule has 3 rings (SSSR count). The molecular formula is C22H34N6O. The molecule has 158 valence electrons. The molecule has 0 radical (unpaired) electrons. The second-order valence-corrected chi connectivity index (χ2v) is 7.80. The van der Waals surface area contributed by atoms with Crippen molar-refractivity contribution in [3.63, 3.8) is 0 Å². The van der Waals surface area contributed by atoms with Gasteiger partial charge in [0.2, 0.25) is 0 Å². The van der Waals surface area contributed by atoms with Crippen molar-refractivity contribution in [1.29, 1.82) is 0 Å². The molecule has 0 unspecified atom stereocenters. The van der Waals surface area contributed by atoms with E-state index in [0.717, 1.165) is 49.3 Å². The van der Waals surface area contributed by atoms with Crippen LogP contribution in [0.1, 0.15) is 50.4 Å². The first-order valence-electron chi connectivity index (χ1n) is 10.6. The second-order valence-electron chi connectivity index (χ2n) is 7.80. The Bertz CT molecular complexity index is 777. The van der Waals surface area contributed by atoms with Crippen LogP contribution in [0.5, 0.6) is 0 Å². The highest BCUT2D eigenvalue weighted by atomic mass is 16.5. The van der Waals surface area contributed by atoms with E-state index in [9.17, 15) is 0 Å². The highest BCUT2D eigenvalue weighted by Gasteiger charge is 2.33. The summed E-state index contributed by atoms with van der Waals surface area (Å²) >= 11 is 0. The molecule has 29 heavy (non-hydrogen) atoms. The summed E-state index contributed by atoms with van der Waals surface area (Å²) in [6.07, 6.45) is 11.9. The van der Waals surface area contributed by atoms with Crippen LogP contribution in [0.25, 0.3) is 5.82 Å². The first-order valence-corrected chi connectivity index (χ1v) is 10.6. The first kappa shape index (κ1) is 21.3. The van der Waals surface area contributed by atoms with Crippen molar-refractivity contribution in [2.45, 2.75) is 52.5 Å². The fourth-order valence-corrected chi connectivity index (χ4v) is 4.03. The molecule has 1 saturated carbocycles. The van der Waals surface area contributed by atoms with Crippen LogP contribution in [0.2, 0.25) is 0 Å². The predicted octanol–water partition coefficient (Wildman–Crippen LogP) is 3.23. The number of aryl methyl sites for hydroxylation is 1. The highest BCUT2D eigenvalue weighted by Crippen LogP contribution is 2.40. The molecule has 1 fully saturated rings. The number of guanidine groups is 1. The Balaban J connectivity index is 1.50. The van der Waals surface area contributed by atoms with Crippen LogP contribution in [0, 0.1) is 12.3 Å². The minimum atomic E-state index is 0.332. The maximum Gasteiger partial charge on any atom is 0.191 e. The van der Waals surface area contributed by atoms with Crippen LogP contribution in [-0.4, -0.2) is 47.3 Å². The summed E-state index contributed by atoms with van der Waals surface area (Å²) in [6, 6.07) is 4.10. The first-order chi connectivity index (χ1) is 14.2. The van der Waals surface area contributed by atoms with E-state index >= 15 is 0 Å². The quantitative estimate of drug-likeness (QED) is 0.385. The Morgan fingerprint density at radius 1 is 1.24 bits per heavy atom. The molecule has 0 bridgehead atoms. The lowest BCUT2D eigenvalue weighted by atomic mass is 9.83. The monoisotopic (exact) mass is 398 g/mol. The lowest BCUT2D eigenvalue weighted by molar-refractivity contribution is 0.105. The van der Waals surface area contributed by atoms with Crippen molar-refractivity contribution in [1.82, 2.24) is 25.2 Å². The van der Waals surface area contributed by atoms with E-state index in [0.29, 0.717) is 12.0 Å². The molecule has 7 heteroatoms. The van der Waals surface area contributed by atoms with E-state index in [-0.39, 0.29) is 0 Å². The Labute approximate surface area is 174 Å². The number of hydrogen-bond donors (Lipinski definition) is 2. The van der Waals surface area contributed by atoms with Gasteiger partial charge in [0.1, 0.15) is 11.6 Å². The molecule has 2 N–H and O–H groups in total. The topological polar surface area (TPSA) is 76.4 Å². The minimum absolute atomic E-state index is 0.332. The lowest BCUT2D eigenvalue weighted by Gasteiger charge is -2.30. The normalized spacial score (nSPS) is 16.2. The van der Waals surface area contributed by atoms with E-state index in [2.05, 4.69) is 38.6 Å². The van der Waals surface area contributed by atoms with Gasteiger partial charge in [0, 0.05) is 51.9 Å². The van der Waals surface area contributed by atoms with Gasteiger partial charge in [-0.15, -0.1) is 0 Å². The van der Waals surface area contributed by atoms with Crippen molar-refractivity contribution in [3.05, 3.63) is 42.1 Å². The molecule has 2 aromatic rings. The Hall–Kier alpha value is -2.41. The summed E-state index contributed by atoms with van der Waals surface area (Å²) in [5.41, 5.74) is 1.44. The van der Waals surface area contributed by atoms with Crippen LogP contribution >= 0.6 is 0 Å². The smallest absolute Gasteiger partial charge is 0.191 e. The van der Waals surface area contributed by atoms with E-state index < -0.39 is 0 Å². The number of aliphatic imine (C=N–C) groups is 1. The summed E-state index contributed by atoms with van der Waals surface area (Å²) in [6.45, 7) is 7.29. The van der Waals surface area contributed by atoms with Gasteiger partial charge in [-0.05, 0) is 50.2 Å². The van der Waals surface area contributed by atoms with Crippen LogP contribution in [0.4, 0.5) is 0 Å². The summed E-state index contributed by atoms with van der Waals surface area (Å²) < 4.78 is 7.59. The number of hydrogen-bond acceptors (Lipinski definition) is 4. The van der Waals surface area contributed by atoms with Crippen molar-refractivity contribution >= 4 is 5.96 Å². The molecule has 0 aliphatic heterocycles. The summed E-state index contributed by atoms with van der Waals surface area (Å²) in [4.78, 5) is 13.2. The second kappa shape index (κ2) is 10.4. The molecule has 7 nitrogen and oxygen atoms in total. The predicted molar refractivity (Wildman–Crippen MR) is 116 cm³/mol. The van der Waals surface area contributed by atoms with Crippen molar-refractivity contribution < 1.29 is 4.74 Å². The standard InChI is InChI=1S/C22H34N6O/c1-4-29-14-11-22(9-5-6-10-22)17-27-21(23-3)26-16-19-7-8-20(25-15-19)28-13-12-24-18(28)2/h7-8,12-13,15H,4-6,9-11,14,16-17H2,1-3H3,(H2,23,26,27). The Morgan fingerprint density at radius 3 is 2.69 bits per heavy atom. The van der Waals surface area contributed by atoms with Crippen molar-refractivity contribution in [2.24, 2.45) is 10.4 Å². The van der Waals surface area contributed by atoms with Crippen LogP contribution in [0.3, 0.4) is 0 Å². The summed E-state index contributed by atoms with van der Waals surface area (Å²) in [5.74, 6) is 2.64. The number of aromatic nitrogens is 3. The Morgan fingerprint density at radius 2 is 2.07 bits per heavy atom. The molecule has 0 atom stereocenters. The number of imidazole rings is 1. The average molecular weight is 399 g/mol. The van der Waals surface area contributed by atoms with Gasteiger partial charge < -0.3 is 15.4 Å². The van der Waals surface area contributed by atoms with Crippen molar-refractivity contribution in [2.75, 3.05) is 26.8 Å². The molecule has 0 amide bonds. The molecule has 0 spiro atoms. The number of nitrogens with zero attached hydrogens (tertiary/aromatic N) is 4. The minimum Gasteiger partial charge on any atom is -0.382 e. The molecule has 0 saturated heterocycles. The van der Waals surface area contributed by atoms with Gasteiger partial charge in [-0.25, -0.2) is 9.97 Å². The van der Waals surface area contributed by atoms with Gasteiger partial charge in [0.25, 0.3) is 0 Å². The van der Waals surface area contributed by atoms with Crippen LogP contribution in [-0.2, 0) is 11.3 Å². The number of ether oxygens (including phenoxy) is 1. The van der Waals surface area contributed by atoms with Crippen LogP contribution < -0.4 is 10.6 Å². The summed E-state index contributed by atoms with van der Waals surface area (Å²) in [7, 11) is 1.82. The molecular weight excluding hydrogens is 364 g/mol. The fourth-order valence-electron chi connectivity index (χ4n) is 4.03. The van der Waals surface area contributed by atoms with Gasteiger partial charge >= 0.3 is 0 Å². The molecule has 1 aliphatic rings.